The highest BCUT2D eigenvalue weighted by atomic mass is 16.5. The van der Waals surface area contributed by atoms with Crippen molar-refractivity contribution < 1.29 is 14.0 Å². The summed E-state index contributed by atoms with van der Waals surface area (Å²) >= 11 is 0. The van der Waals surface area contributed by atoms with E-state index in [1.54, 1.807) is 6.07 Å². The van der Waals surface area contributed by atoms with E-state index in [1.165, 1.54) is 0 Å². The van der Waals surface area contributed by atoms with Crippen LogP contribution in [-0.2, 0) is 14.9 Å². The van der Waals surface area contributed by atoms with Gasteiger partial charge in [0.25, 0.3) is 0 Å². The van der Waals surface area contributed by atoms with Crippen molar-refractivity contribution in [2.24, 2.45) is 0 Å². The van der Waals surface area contributed by atoms with Crippen molar-refractivity contribution in [2.45, 2.75) is 26.2 Å². The van der Waals surface area contributed by atoms with Gasteiger partial charge < -0.3 is 19.7 Å². The van der Waals surface area contributed by atoms with E-state index in [2.05, 4.69) is 5.16 Å². The Morgan fingerprint density at radius 1 is 1.38 bits per heavy atom. The van der Waals surface area contributed by atoms with Crippen LogP contribution in [0.25, 0.3) is 0 Å². The Kier molecular flexibility index (Phi) is 4.76. The molecule has 0 atom stereocenters. The van der Waals surface area contributed by atoms with Crippen LogP contribution in [0.4, 0.5) is 5.88 Å². The zero-order chi connectivity index (χ0) is 12.0. The van der Waals surface area contributed by atoms with Crippen molar-refractivity contribution in [3.63, 3.8) is 0 Å². The van der Waals surface area contributed by atoms with E-state index in [4.69, 9.17) is 19.7 Å². The number of nitrogens with zero attached hydrogens (tertiary/aromatic N) is 1. The van der Waals surface area contributed by atoms with Crippen LogP contribution >= 0.6 is 0 Å². The topological polar surface area (TPSA) is 70.5 Å². The second kappa shape index (κ2) is 5.86. The number of aromatic nitrogens is 1. The van der Waals surface area contributed by atoms with E-state index >= 15 is 0 Å². The quantitative estimate of drug-likeness (QED) is 0.717. The van der Waals surface area contributed by atoms with Crippen LogP contribution in [0, 0.1) is 0 Å². The van der Waals surface area contributed by atoms with Gasteiger partial charge >= 0.3 is 0 Å². The Morgan fingerprint density at radius 3 is 2.62 bits per heavy atom. The number of hydrogen-bond donors (Lipinski definition) is 1. The summed E-state index contributed by atoms with van der Waals surface area (Å²) in [5.41, 5.74) is 6.09. The molecule has 0 radical (unpaired) electrons. The van der Waals surface area contributed by atoms with E-state index < -0.39 is 0 Å². The molecule has 5 nitrogen and oxygen atoms in total. The zero-order valence-electron chi connectivity index (χ0n) is 10.2. The third-order valence-electron chi connectivity index (χ3n) is 2.26. The van der Waals surface area contributed by atoms with Crippen LogP contribution in [0.2, 0.25) is 0 Å². The van der Waals surface area contributed by atoms with Crippen molar-refractivity contribution in [1.29, 1.82) is 0 Å². The molecule has 1 aromatic rings. The van der Waals surface area contributed by atoms with Crippen molar-refractivity contribution in [3.05, 3.63) is 11.8 Å². The van der Waals surface area contributed by atoms with Gasteiger partial charge in [-0.1, -0.05) is 19.0 Å². The summed E-state index contributed by atoms with van der Waals surface area (Å²) in [5, 5.41) is 3.89. The van der Waals surface area contributed by atoms with Gasteiger partial charge in [-0.25, -0.2) is 0 Å². The van der Waals surface area contributed by atoms with Gasteiger partial charge in [-0.2, -0.15) is 0 Å². The molecule has 0 saturated heterocycles. The Bertz CT molecular complexity index is 310. The van der Waals surface area contributed by atoms with Crippen LogP contribution in [0.3, 0.4) is 0 Å². The predicted octanol–water partition coefficient (Wildman–Crippen LogP) is 1.59. The minimum absolute atomic E-state index is 0.201. The molecule has 0 spiro atoms. The molecule has 1 heterocycles. The van der Waals surface area contributed by atoms with Crippen molar-refractivity contribution >= 4 is 5.88 Å². The Hall–Kier alpha value is -1.07. The van der Waals surface area contributed by atoms with Gasteiger partial charge in [0, 0.05) is 18.1 Å². The Balaban J connectivity index is 2.34. The van der Waals surface area contributed by atoms with Gasteiger partial charge in [0.05, 0.1) is 25.5 Å². The lowest BCUT2D eigenvalue weighted by Gasteiger charge is -2.21. The first-order valence-electron chi connectivity index (χ1n) is 5.44. The van der Waals surface area contributed by atoms with E-state index in [0.29, 0.717) is 32.3 Å². The fourth-order valence-corrected chi connectivity index (χ4v) is 1.27. The summed E-state index contributed by atoms with van der Waals surface area (Å²) in [6.45, 7) is 8.51. The highest BCUT2D eigenvalue weighted by Gasteiger charge is 2.24. The fraction of sp³-hybridized carbons (Fsp3) is 0.727. The van der Waals surface area contributed by atoms with E-state index in [9.17, 15) is 0 Å². The zero-order valence-corrected chi connectivity index (χ0v) is 10.2. The summed E-state index contributed by atoms with van der Waals surface area (Å²) in [5.74, 6) is 0.331. The van der Waals surface area contributed by atoms with E-state index in [-0.39, 0.29) is 5.41 Å². The molecular weight excluding hydrogens is 208 g/mol. The molecule has 16 heavy (non-hydrogen) atoms. The number of nitrogen functional groups attached to an aromatic ring is 1. The molecular formula is C11H20N2O3. The standard InChI is InChI=1S/C11H20N2O3/c1-4-14-5-6-15-8-11(2,3)9-7-10(12)16-13-9/h7H,4-6,8,12H2,1-3H3. The minimum Gasteiger partial charge on any atom is -0.379 e. The molecule has 5 heteroatoms. The molecule has 0 aliphatic rings. The summed E-state index contributed by atoms with van der Waals surface area (Å²) in [4.78, 5) is 0. The average Bonchev–Trinajstić information content (AvgIpc) is 2.65. The largest absolute Gasteiger partial charge is 0.379 e. The molecule has 0 aromatic carbocycles. The van der Waals surface area contributed by atoms with Gasteiger partial charge in [0.2, 0.25) is 5.88 Å². The van der Waals surface area contributed by atoms with Crippen LogP contribution < -0.4 is 5.73 Å². The lowest BCUT2D eigenvalue weighted by molar-refractivity contribution is 0.0339. The van der Waals surface area contributed by atoms with Gasteiger partial charge in [-0.05, 0) is 6.92 Å². The van der Waals surface area contributed by atoms with Crippen LogP contribution in [0.1, 0.15) is 26.5 Å². The van der Waals surface area contributed by atoms with Crippen molar-refractivity contribution in [1.82, 2.24) is 5.16 Å². The maximum Gasteiger partial charge on any atom is 0.222 e. The lowest BCUT2D eigenvalue weighted by atomic mass is 9.90. The molecule has 0 saturated carbocycles. The smallest absolute Gasteiger partial charge is 0.222 e. The van der Waals surface area contributed by atoms with Gasteiger partial charge in [0.15, 0.2) is 0 Å². The minimum atomic E-state index is -0.201. The first-order valence-corrected chi connectivity index (χ1v) is 5.44. The molecule has 92 valence electrons. The predicted molar refractivity (Wildman–Crippen MR) is 61.3 cm³/mol. The third kappa shape index (κ3) is 3.83. The van der Waals surface area contributed by atoms with Gasteiger partial charge in [-0.3, -0.25) is 0 Å². The monoisotopic (exact) mass is 228 g/mol. The van der Waals surface area contributed by atoms with Crippen molar-refractivity contribution in [2.75, 3.05) is 32.2 Å². The molecule has 0 amide bonds. The van der Waals surface area contributed by atoms with Crippen LogP contribution in [0.5, 0.6) is 0 Å². The number of anilines is 1. The maximum atomic E-state index is 5.52. The molecule has 0 aliphatic heterocycles. The van der Waals surface area contributed by atoms with Crippen molar-refractivity contribution in [3.8, 4) is 0 Å². The summed E-state index contributed by atoms with van der Waals surface area (Å²) in [7, 11) is 0. The van der Waals surface area contributed by atoms with Crippen LogP contribution in [0.15, 0.2) is 10.6 Å². The summed E-state index contributed by atoms with van der Waals surface area (Å²) in [6.07, 6.45) is 0. The molecule has 0 aliphatic carbocycles. The fourth-order valence-electron chi connectivity index (χ4n) is 1.27. The van der Waals surface area contributed by atoms with E-state index in [0.717, 1.165) is 5.69 Å². The molecule has 0 fully saturated rings. The number of hydrogen-bond acceptors (Lipinski definition) is 5. The number of nitrogens with two attached hydrogens (primary N) is 1. The number of ether oxygens (including phenoxy) is 2. The average molecular weight is 228 g/mol. The van der Waals surface area contributed by atoms with Crippen LogP contribution in [-0.4, -0.2) is 31.6 Å². The number of rotatable bonds is 7. The first kappa shape index (κ1) is 13.0. The normalized spacial score (nSPS) is 11.9. The molecule has 0 bridgehead atoms. The van der Waals surface area contributed by atoms with Gasteiger partial charge in [0.1, 0.15) is 0 Å². The molecule has 1 aromatic heterocycles. The Labute approximate surface area is 95.9 Å². The molecule has 2 N–H and O–H groups in total. The lowest BCUT2D eigenvalue weighted by Crippen LogP contribution is -2.25. The molecule has 0 unspecified atom stereocenters. The first-order chi connectivity index (χ1) is 7.56. The van der Waals surface area contributed by atoms with Gasteiger partial charge in [-0.15, -0.1) is 0 Å². The maximum absolute atomic E-state index is 5.52. The highest BCUT2D eigenvalue weighted by Crippen LogP contribution is 2.23. The third-order valence-corrected chi connectivity index (χ3v) is 2.26. The SMILES string of the molecule is CCOCCOCC(C)(C)c1cc(N)on1. The second-order valence-corrected chi connectivity index (χ2v) is 4.25. The Morgan fingerprint density at radius 2 is 2.06 bits per heavy atom. The second-order valence-electron chi connectivity index (χ2n) is 4.25. The van der Waals surface area contributed by atoms with E-state index in [1.807, 2.05) is 20.8 Å². The molecule has 1 rings (SSSR count). The highest BCUT2D eigenvalue weighted by molar-refractivity contribution is 5.28. The summed E-state index contributed by atoms with van der Waals surface area (Å²) in [6, 6.07) is 1.73. The summed E-state index contributed by atoms with van der Waals surface area (Å²) < 4.78 is 15.5.